The van der Waals surface area contributed by atoms with Crippen LogP contribution in [0.15, 0.2) is 43.1 Å². The molecule has 2 amide bonds. The van der Waals surface area contributed by atoms with Crippen molar-refractivity contribution in [1.82, 2.24) is 14.9 Å². The third-order valence-electron chi connectivity index (χ3n) is 4.91. The van der Waals surface area contributed by atoms with Crippen molar-refractivity contribution in [1.29, 1.82) is 0 Å². The van der Waals surface area contributed by atoms with Crippen LogP contribution in [0.25, 0.3) is 0 Å². The van der Waals surface area contributed by atoms with E-state index in [0.717, 1.165) is 25.5 Å². The van der Waals surface area contributed by atoms with E-state index in [1.807, 2.05) is 0 Å². The van der Waals surface area contributed by atoms with E-state index in [1.165, 1.54) is 6.08 Å². The summed E-state index contributed by atoms with van der Waals surface area (Å²) in [5.41, 5.74) is 1.13. The second kappa shape index (κ2) is 8.48. The zero-order chi connectivity index (χ0) is 21.1. The number of carbonyl (C=O) groups is 2. The van der Waals surface area contributed by atoms with Gasteiger partial charge in [0.2, 0.25) is 17.7 Å². The lowest BCUT2D eigenvalue weighted by atomic mass is 10.2. The van der Waals surface area contributed by atoms with Gasteiger partial charge in [0, 0.05) is 30.4 Å². The molecule has 156 valence electrons. The van der Waals surface area contributed by atoms with Crippen molar-refractivity contribution in [2.24, 2.45) is 0 Å². The van der Waals surface area contributed by atoms with Crippen LogP contribution in [-0.2, 0) is 4.79 Å². The average molecular weight is 411 g/mol. The first kappa shape index (κ1) is 19.8. The number of rotatable bonds is 7. The van der Waals surface area contributed by atoms with Crippen molar-refractivity contribution in [2.45, 2.75) is 31.4 Å². The average Bonchev–Trinajstić information content (AvgIpc) is 3.45. The van der Waals surface area contributed by atoms with Gasteiger partial charge < -0.3 is 20.3 Å². The summed E-state index contributed by atoms with van der Waals surface area (Å²) in [6.07, 6.45) is 4.86. The number of ether oxygens (including phenoxy) is 1. The minimum absolute atomic E-state index is 0.0374. The molecule has 2 N–H and O–H groups in total. The second-order valence-electron chi connectivity index (χ2n) is 7.32. The minimum atomic E-state index is -0.580. The molecule has 1 atom stereocenters. The van der Waals surface area contributed by atoms with E-state index >= 15 is 0 Å². The first-order valence-corrected chi connectivity index (χ1v) is 9.80. The number of nitrogens with one attached hydrogen (secondary N) is 2. The first-order chi connectivity index (χ1) is 14.5. The highest BCUT2D eigenvalue weighted by atomic mass is 19.1. The molecule has 2 aliphatic rings. The van der Waals surface area contributed by atoms with Crippen LogP contribution >= 0.6 is 0 Å². The molecule has 1 saturated carbocycles. The summed E-state index contributed by atoms with van der Waals surface area (Å²) in [5, 5.41) is 5.80. The molecule has 0 bridgehead atoms. The monoisotopic (exact) mass is 411 g/mol. The molecule has 0 unspecified atom stereocenters. The Balaban J connectivity index is 1.34. The van der Waals surface area contributed by atoms with Crippen molar-refractivity contribution in [3.8, 4) is 5.88 Å². The Bertz CT molecular complexity index is 962. The van der Waals surface area contributed by atoms with Gasteiger partial charge >= 0.3 is 0 Å². The standard InChI is InChI=1S/C21H22FN5O3/c1-2-18(28)24-14-5-3-13(4-6-14)20(29)27-10-9-15(12-27)25-21-23-11-17(22)19(26-21)30-16-7-8-16/h2-6,11,15-16H,1,7-10,12H2,(H,24,28)(H,23,25,26)/t15-/m0/s1. The summed E-state index contributed by atoms with van der Waals surface area (Å²) in [4.78, 5) is 33.9. The number of likely N-dealkylation sites (tertiary alicyclic amines) is 1. The third kappa shape index (κ3) is 4.73. The highest BCUT2D eigenvalue weighted by Crippen LogP contribution is 2.27. The van der Waals surface area contributed by atoms with E-state index in [4.69, 9.17) is 4.74 Å². The van der Waals surface area contributed by atoms with E-state index in [-0.39, 0.29) is 35.8 Å². The topological polar surface area (TPSA) is 96.5 Å². The number of amides is 2. The third-order valence-corrected chi connectivity index (χ3v) is 4.91. The van der Waals surface area contributed by atoms with Crippen LogP contribution < -0.4 is 15.4 Å². The first-order valence-electron chi connectivity index (χ1n) is 9.80. The fraction of sp³-hybridized carbons (Fsp3) is 0.333. The van der Waals surface area contributed by atoms with Gasteiger partial charge in [0.25, 0.3) is 11.8 Å². The minimum Gasteiger partial charge on any atom is -0.472 e. The zero-order valence-electron chi connectivity index (χ0n) is 16.3. The molecule has 2 fully saturated rings. The van der Waals surface area contributed by atoms with Crippen LogP contribution in [0.2, 0.25) is 0 Å². The van der Waals surface area contributed by atoms with E-state index in [1.54, 1.807) is 29.2 Å². The summed E-state index contributed by atoms with van der Waals surface area (Å²) in [6, 6.07) is 6.65. The van der Waals surface area contributed by atoms with Crippen LogP contribution in [0.4, 0.5) is 16.0 Å². The molecule has 0 spiro atoms. The summed E-state index contributed by atoms with van der Waals surface area (Å²) in [6.45, 7) is 4.46. The Morgan fingerprint density at radius 1 is 1.23 bits per heavy atom. The fourth-order valence-electron chi connectivity index (χ4n) is 3.16. The van der Waals surface area contributed by atoms with Crippen LogP contribution in [0.5, 0.6) is 5.88 Å². The Hall–Kier alpha value is -3.49. The lowest BCUT2D eigenvalue weighted by molar-refractivity contribution is -0.111. The summed E-state index contributed by atoms with van der Waals surface area (Å²) in [7, 11) is 0. The summed E-state index contributed by atoms with van der Waals surface area (Å²) in [5.74, 6) is -0.739. The molecule has 9 heteroatoms. The van der Waals surface area contributed by atoms with Crippen LogP contribution in [-0.4, -0.2) is 51.9 Å². The molecule has 1 aromatic carbocycles. The molecule has 30 heavy (non-hydrogen) atoms. The van der Waals surface area contributed by atoms with E-state index in [2.05, 4.69) is 27.2 Å². The van der Waals surface area contributed by atoms with Gasteiger partial charge in [-0.3, -0.25) is 9.59 Å². The smallest absolute Gasteiger partial charge is 0.255 e. The van der Waals surface area contributed by atoms with Crippen molar-refractivity contribution in [3.63, 3.8) is 0 Å². The Labute approximate surface area is 173 Å². The lowest BCUT2D eigenvalue weighted by Crippen LogP contribution is -2.31. The molecule has 1 aliphatic heterocycles. The number of halogens is 1. The van der Waals surface area contributed by atoms with Crippen molar-refractivity contribution >= 4 is 23.5 Å². The van der Waals surface area contributed by atoms with Gasteiger partial charge in [-0.05, 0) is 49.6 Å². The molecule has 2 heterocycles. The molecule has 1 aliphatic carbocycles. The van der Waals surface area contributed by atoms with Crippen molar-refractivity contribution in [3.05, 3.63) is 54.5 Å². The number of anilines is 2. The van der Waals surface area contributed by atoms with Crippen molar-refractivity contribution in [2.75, 3.05) is 23.7 Å². The van der Waals surface area contributed by atoms with Crippen LogP contribution in [0, 0.1) is 5.82 Å². The Morgan fingerprint density at radius 2 is 2.00 bits per heavy atom. The van der Waals surface area contributed by atoms with Gasteiger partial charge in [-0.1, -0.05) is 6.58 Å². The molecule has 0 radical (unpaired) electrons. The maximum absolute atomic E-state index is 13.8. The fourth-order valence-corrected chi connectivity index (χ4v) is 3.16. The predicted molar refractivity (Wildman–Crippen MR) is 109 cm³/mol. The summed E-state index contributed by atoms with van der Waals surface area (Å²) < 4.78 is 19.2. The molecular formula is C21H22FN5O3. The summed E-state index contributed by atoms with van der Waals surface area (Å²) >= 11 is 0. The van der Waals surface area contributed by atoms with Crippen LogP contribution in [0.3, 0.4) is 0 Å². The highest BCUT2D eigenvalue weighted by Gasteiger charge is 2.29. The van der Waals surface area contributed by atoms with Gasteiger partial charge in [-0.2, -0.15) is 9.37 Å². The maximum Gasteiger partial charge on any atom is 0.255 e. The zero-order valence-corrected chi connectivity index (χ0v) is 16.3. The quantitative estimate of drug-likeness (QED) is 0.680. The number of hydrogen-bond donors (Lipinski definition) is 2. The van der Waals surface area contributed by atoms with Gasteiger partial charge in [-0.15, -0.1) is 0 Å². The number of carbonyl (C=O) groups excluding carboxylic acids is 2. The van der Waals surface area contributed by atoms with Gasteiger partial charge in [0.1, 0.15) is 6.10 Å². The van der Waals surface area contributed by atoms with Crippen molar-refractivity contribution < 1.29 is 18.7 Å². The Morgan fingerprint density at radius 3 is 2.70 bits per heavy atom. The SMILES string of the molecule is C=CC(=O)Nc1ccc(C(=O)N2CC[C@H](Nc3ncc(F)c(OC4CC4)n3)C2)cc1. The van der Waals surface area contributed by atoms with E-state index in [9.17, 15) is 14.0 Å². The van der Waals surface area contributed by atoms with Gasteiger partial charge in [0.05, 0.1) is 6.20 Å². The highest BCUT2D eigenvalue weighted by molar-refractivity contribution is 5.99. The molecular weight excluding hydrogens is 389 g/mol. The largest absolute Gasteiger partial charge is 0.472 e. The molecule has 8 nitrogen and oxygen atoms in total. The molecule has 1 saturated heterocycles. The molecule has 4 rings (SSSR count). The lowest BCUT2D eigenvalue weighted by Gasteiger charge is -2.17. The second-order valence-corrected chi connectivity index (χ2v) is 7.32. The normalized spacial score (nSPS) is 18.0. The van der Waals surface area contributed by atoms with Gasteiger partial charge in [-0.25, -0.2) is 4.98 Å². The Kier molecular flexibility index (Phi) is 5.60. The number of benzene rings is 1. The van der Waals surface area contributed by atoms with E-state index in [0.29, 0.717) is 24.3 Å². The van der Waals surface area contributed by atoms with Crippen LogP contribution in [0.1, 0.15) is 29.6 Å². The maximum atomic E-state index is 13.8. The van der Waals surface area contributed by atoms with E-state index < -0.39 is 5.82 Å². The number of aromatic nitrogens is 2. The molecule has 2 aromatic rings. The molecule has 1 aromatic heterocycles. The van der Waals surface area contributed by atoms with Gasteiger partial charge in [0.15, 0.2) is 0 Å². The number of hydrogen-bond acceptors (Lipinski definition) is 6. The number of nitrogens with zero attached hydrogens (tertiary/aromatic N) is 3. The predicted octanol–water partition coefficient (Wildman–Crippen LogP) is 2.61.